The van der Waals surface area contributed by atoms with Crippen LogP contribution >= 0.6 is 12.2 Å². The van der Waals surface area contributed by atoms with Gasteiger partial charge in [-0.2, -0.15) is 5.10 Å². The Hall–Kier alpha value is -2.10. The van der Waals surface area contributed by atoms with Crippen molar-refractivity contribution in [3.05, 3.63) is 17.7 Å². The van der Waals surface area contributed by atoms with Gasteiger partial charge in [-0.15, -0.1) is 0 Å². The van der Waals surface area contributed by atoms with Crippen molar-refractivity contribution >= 4 is 23.5 Å². The maximum Gasteiger partial charge on any atom is 0.203 e. The highest BCUT2D eigenvalue weighted by atomic mass is 32.1. The van der Waals surface area contributed by atoms with E-state index in [1.807, 2.05) is 6.07 Å². The SMILES string of the molecule is COc1ccc(/C=N\NC(=S)NCCCN2CCOCC2)c(OC)c1OC. The normalized spacial score (nSPS) is 14.8. The van der Waals surface area contributed by atoms with Crippen LogP contribution in [0.1, 0.15) is 12.0 Å². The average Bonchev–Trinajstić information content (AvgIpc) is 2.71. The first-order valence-corrected chi connectivity index (χ1v) is 9.26. The predicted octanol–water partition coefficient (Wildman–Crippen LogP) is 1.23. The van der Waals surface area contributed by atoms with Crippen molar-refractivity contribution in [1.29, 1.82) is 0 Å². The second kappa shape index (κ2) is 11.6. The number of morpholine rings is 1. The first-order chi connectivity index (χ1) is 13.2. The van der Waals surface area contributed by atoms with Crippen LogP contribution < -0.4 is 25.0 Å². The quantitative estimate of drug-likeness (QED) is 0.279. The van der Waals surface area contributed by atoms with Crippen molar-refractivity contribution in [2.45, 2.75) is 6.42 Å². The molecule has 0 atom stereocenters. The molecule has 0 saturated carbocycles. The maximum atomic E-state index is 5.42. The van der Waals surface area contributed by atoms with Gasteiger partial charge in [-0.3, -0.25) is 10.3 Å². The van der Waals surface area contributed by atoms with Gasteiger partial charge in [0.25, 0.3) is 0 Å². The molecule has 0 bridgehead atoms. The summed E-state index contributed by atoms with van der Waals surface area (Å²) in [5.41, 5.74) is 3.56. The molecule has 1 aliphatic heterocycles. The number of ether oxygens (including phenoxy) is 4. The van der Waals surface area contributed by atoms with Gasteiger partial charge < -0.3 is 24.3 Å². The smallest absolute Gasteiger partial charge is 0.203 e. The lowest BCUT2D eigenvalue weighted by atomic mass is 10.2. The third-order valence-corrected chi connectivity index (χ3v) is 4.38. The number of methoxy groups -OCH3 is 3. The van der Waals surface area contributed by atoms with Crippen LogP contribution in [0.15, 0.2) is 17.2 Å². The van der Waals surface area contributed by atoms with Crippen molar-refractivity contribution < 1.29 is 18.9 Å². The van der Waals surface area contributed by atoms with Crippen LogP contribution in [0.5, 0.6) is 17.2 Å². The molecule has 1 fully saturated rings. The van der Waals surface area contributed by atoms with Gasteiger partial charge in [-0.25, -0.2) is 0 Å². The van der Waals surface area contributed by atoms with Crippen LogP contribution in [-0.2, 0) is 4.74 Å². The molecule has 0 aliphatic carbocycles. The molecule has 0 amide bonds. The van der Waals surface area contributed by atoms with Crippen LogP contribution in [0.3, 0.4) is 0 Å². The predicted molar refractivity (Wildman–Crippen MR) is 109 cm³/mol. The molecule has 1 aromatic rings. The van der Waals surface area contributed by atoms with Gasteiger partial charge in [0.05, 0.1) is 40.8 Å². The van der Waals surface area contributed by atoms with Gasteiger partial charge in [-0.1, -0.05) is 0 Å². The average molecular weight is 397 g/mol. The van der Waals surface area contributed by atoms with E-state index in [9.17, 15) is 0 Å². The molecule has 0 radical (unpaired) electrons. The Balaban J connectivity index is 1.78. The summed E-state index contributed by atoms with van der Waals surface area (Å²) in [6.45, 7) is 5.47. The zero-order valence-corrected chi connectivity index (χ0v) is 16.9. The lowest BCUT2D eigenvalue weighted by Crippen LogP contribution is -2.39. The number of thiocarbonyl (C=S) groups is 1. The second-order valence-corrected chi connectivity index (χ2v) is 6.27. The molecule has 0 unspecified atom stereocenters. The third kappa shape index (κ3) is 6.53. The fourth-order valence-electron chi connectivity index (χ4n) is 2.76. The summed E-state index contributed by atoms with van der Waals surface area (Å²) in [4.78, 5) is 2.39. The van der Waals surface area contributed by atoms with Crippen LogP contribution in [0.4, 0.5) is 0 Å². The van der Waals surface area contributed by atoms with Crippen LogP contribution in [0, 0.1) is 0 Å². The zero-order valence-electron chi connectivity index (χ0n) is 16.1. The molecule has 1 saturated heterocycles. The van der Waals surface area contributed by atoms with Crippen molar-refractivity contribution in [2.75, 3.05) is 60.7 Å². The maximum absolute atomic E-state index is 5.42. The lowest BCUT2D eigenvalue weighted by Gasteiger charge is -2.26. The molecule has 1 aromatic carbocycles. The van der Waals surface area contributed by atoms with E-state index in [1.165, 1.54) is 0 Å². The summed E-state index contributed by atoms with van der Waals surface area (Å²) in [5.74, 6) is 1.66. The largest absolute Gasteiger partial charge is 0.493 e. The minimum atomic E-state index is 0.479. The Morgan fingerprint density at radius 3 is 2.59 bits per heavy atom. The van der Waals surface area contributed by atoms with Crippen LogP contribution in [0.25, 0.3) is 0 Å². The number of nitrogens with one attached hydrogen (secondary N) is 2. The number of benzene rings is 1. The molecular formula is C18H28N4O4S. The fraction of sp³-hybridized carbons (Fsp3) is 0.556. The molecule has 150 valence electrons. The molecule has 1 aliphatic rings. The number of rotatable bonds is 9. The Labute approximate surface area is 165 Å². The monoisotopic (exact) mass is 396 g/mol. The van der Waals surface area contributed by atoms with Gasteiger partial charge in [0.15, 0.2) is 16.6 Å². The van der Waals surface area contributed by atoms with E-state index in [0.29, 0.717) is 22.4 Å². The summed E-state index contributed by atoms with van der Waals surface area (Å²) in [7, 11) is 4.72. The fourth-order valence-corrected chi connectivity index (χ4v) is 2.91. The van der Waals surface area contributed by atoms with Crippen LogP contribution in [-0.4, -0.2) is 76.9 Å². The Bertz CT molecular complexity index is 636. The lowest BCUT2D eigenvalue weighted by molar-refractivity contribution is 0.0376. The van der Waals surface area contributed by atoms with Gasteiger partial charge in [0.1, 0.15) is 0 Å². The third-order valence-electron chi connectivity index (χ3n) is 4.14. The summed E-state index contributed by atoms with van der Waals surface area (Å²) in [5, 5.41) is 7.80. The van der Waals surface area contributed by atoms with Crippen LogP contribution in [0.2, 0.25) is 0 Å². The number of hydrogen-bond donors (Lipinski definition) is 2. The Morgan fingerprint density at radius 1 is 1.19 bits per heavy atom. The van der Waals surface area contributed by atoms with Crippen molar-refractivity contribution in [2.24, 2.45) is 5.10 Å². The van der Waals surface area contributed by atoms with E-state index in [1.54, 1.807) is 33.6 Å². The van der Waals surface area contributed by atoms with E-state index in [-0.39, 0.29) is 0 Å². The Kier molecular flexibility index (Phi) is 9.09. The summed E-state index contributed by atoms with van der Waals surface area (Å²) in [6, 6.07) is 3.63. The molecular weight excluding hydrogens is 368 g/mol. The highest BCUT2D eigenvalue weighted by molar-refractivity contribution is 7.80. The van der Waals surface area contributed by atoms with E-state index >= 15 is 0 Å². The first kappa shape index (κ1) is 21.2. The summed E-state index contributed by atoms with van der Waals surface area (Å²) >= 11 is 5.24. The Morgan fingerprint density at radius 2 is 1.93 bits per heavy atom. The standard InChI is InChI=1S/C18H28N4O4S/c1-23-15-6-5-14(16(24-2)17(15)25-3)13-20-21-18(27)19-7-4-8-22-9-11-26-12-10-22/h5-6,13H,4,7-12H2,1-3H3,(H2,19,21,27)/b20-13-. The molecule has 2 N–H and O–H groups in total. The topological polar surface area (TPSA) is 76.6 Å². The molecule has 0 aromatic heterocycles. The van der Waals surface area contributed by atoms with E-state index in [4.69, 9.17) is 31.2 Å². The van der Waals surface area contributed by atoms with Crippen molar-refractivity contribution in [1.82, 2.24) is 15.6 Å². The van der Waals surface area contributed by atoms with Crippen molar-refractivity contribution in [3.8, 4) is 17.2 Å². The molecule has 1 heterocycles. The molecule has 2 rings (SSSR count). The second-order valence-electron chi connectivity index (χ2n) is 5.86. The number of hydrazone groups is 1. The van der Waals surface area contributed by atoms with Gasteiger partial charge in [0, 0.05) is 25.2 Å². The highest BCUT2D eigenvalue weighted by Gasteiger charge is 2.14. The highest BCUT2D eigenvalue weighted by Crippen LogP contribution is 2.38. The molecule has 0 spiro atoms. The molecule has 27 heavy (non-hydrogen) atoms. The summed E-state index contributed by atoms with van der Waals surface area (Å²) < 4.78 is 21.4. The molecule has 9 heteroatoms. The molecule has 8 nitrogen and oxygen atoms in total. The number of hydrogen-bond acceptors (Lipinski definition) is 7. The zero-order chi connectivity index (χ0) is 19.5. The van der Waals surface area contributed by atoms with E-state index in [0.717, 1.165) is 51.4 Å². The van der Waals surface area contributed by atoms with E-state index < -0.39 is 0 Å². The van der Waals surface area contributed by atoms with Gasteiger partial charge >= 0.3 is 0 Å². The van der Waals surface area contributed by atoms with Crippen molar-refractivity contribution in [3.63, 3.8) is 0 Å². The number of nitrogens with zero attached hydrogens (tertiary/aromatic N) is 2. The van der Waals surface area contributed by atoms with E-state index in [2.05, 4.69) is 20.7 Å². The summed E-state index contributed by atoms with van der Waals surface area (Å²) in [6.07, 6.45) is 2.64. The first-order valence-electron chi connectivity index (χ1n) is 8.85. The minimum Gasteiger partial charge on any atom is -0.493 e. The van der Waals surface area contributed by atoms with Gasteiger partial charge in [-0.05, 0) is 37.3 Å². The minimum absolute atomic E-state index is 0.479. The van der Waals surface area contributed by atoms with Gasteiger partial charge in [0.2, 0.25) is 5.75 Å².